The lowest BCUT2D eigenvalue weighted by Gasteiger charge is -2.23. The van der Waals surface area contributed by atoms with Gasteiger partial charge >= 0.3 is 12.1 Å². The van der Waals surface area contributed by atoms with Gasteiger partial charge in [0.1, 0.15) is 0 Å². The fourth-order valence-corrected chi connectivity index (χ4v) is 1.92. The summed E-state index contributed by atoms with van der Waals surface area (Å²) in [5.41, 5.74) is 2.82. The van der Waals surface area contributed by atoms with Crippen molar-refractivity contribution in [3.05, 3.63) is 29.3 Å². The highest BCUT2D eigenvalue weighted by atomic mass is 16.5. The van der Waals surface area contributed by atoms with Crippen LogP contribution < -0.4 is 4.90 Å². The maximum Gasteiger partial charge on any atom is 0.414 e. The van der Waals surface area contributed by atoms with E-state index in [2.05, 4.69) is 0 Å². The summed E-state index contributed by atoms with van der Waals surface area (Å²) < 4.78 is 4.75. The highest BCUT2D eigenvalue weighted by molar-refractivity contribution is 5.88. The van der Waals surface area contributed by atoms with Crippen LogP contribution in [0.15, 0.2) is 18.2 Å². The summed E-state index contributed by atoms with van der Waals surface area (Å²) in [7, 11) is 1.32. The monoisotopic (exact) mass is 265 g/mol. The molecule has 19 heavy (non-hydrogen) atoms. The first-order chi connectivity index (χ1) is 8.95. The van der Waals surface area contributed by atoms with Crippen LogP contribution in [-0.4, -0.2) is 30.8 Å². The number of hydrogen-bond donors (Lipinski definition) is 1. The molecule has 0 aliphatic rings. The molecule has 1 amide bonds. The Kier molecular flexibility index (Phi) is 5.36. The van der Waals surface area contributed by atoms with E-state index in [-0.39, 0.29) is 6.42 Å². The maximum absolute atomic E-state index is 11.8. The number of rotatable bonds is 5. The molecule has 1 rings (SSSR count). The highest BCUT2D eigenvalue weighted by Gasteiger charge is 2.18. The topological polar surface area (TPSA) is 66.8 Å². The van der Waals surface area contributed by atoms with E-state index in [0.29, 0.717) is 13.0 Å². The predicted molar refractivity (Wildman–Crippen MR) is 72.5 cm³/mol. The third-order valence-electron chi connectivity index (χ3n) is 2.81. The first kappa shape index (κ1) is 15.0. The smallest absolute Gasteiger partial charge is 0.414 e. The second kappa shape index (κ2) is 6.78. The van der Waals surface area contributed by atoms with Gasteiger partial charge in [-0.3, -0.25) is 9.69 Å². The lowest BCUT2D eigenvalue weighted by atomic mass is 10.1. The molecule has 0 saturated heterocycles. The molecule has 0 spiro atoms. The summed E-state index contributed by atoms with van der Waals surface area (Å²) in [6.45, 7) is 4.21. The molecule has 0 fully saturated rings. The third-order valence-corrected chi connectivity index (χ3v) is 2.81. The fraction of sp³-hybridized carbons (Fsp3) is 0.429. The number of nitrogens with zero attached hydrogens (tertiary/aromatic N) is 1. The van der Waals surface area contributed by atoms with E-state index in [9.17, 15) is 9.59 Å². The molecule has 0 radical (unpaired) electrons. The Morgan fingerprint density at radius 2 is 2.00 bits per heavy atom. The van der Waals surface area contributed by atoms with Crippen LogP contribution in [0.25, 0.3) is 0 Å². The van der Waals surface area contributed by atoms with Crippen molar-refractivity contribution in [2.45, 2.75) is 26.7 Å². The number of amides is 1. The van der Waals surface area contributed by atoms with Gasteiger partial charge in [-0.05, 0) is 31.9 Å². The van der Waals surface area contributed by atoms with Gasteiger partial charge in [0, 0.05) is 18.7 Å². The molecule has 1 N–H and O–H groups in total. The quantitative estimate of drug-likeness (QED) is 0.889. The van der Waals surface area contributed by atoms with E-state index in [4.69, 9.17) is 9.84 Å². The summed E-state index contributed by atoms with van der Waals surface area (Å²) in [5.74, 6) is -0.870. The molecule has 0 atom stereocenters. The van der Waals surface area contributed by atoms with Crippen molar-refractivity contribution in [3.8, 4) is 0 Å². The second-order valence-electron chi connectivity index (χ2n) is 4.41. The van der Waals surface area contributed by atoms with Gasteiger partial charge in [-0.2, -0.15) is 0 Å². The molecule has 0 unspecified atom stereocenters. The standard InChI is InChI=1S/C14H19NO4/c1-10-6-7-12(11(2)9-10)15(14(18)19-3)8-4-5-13(16)17/h6-7,9H,4-5,8H2,1-3H3,(H,16,17). The van der Waals surface area contributed by atoms with Gasteiger partial charge < -0.3 is 9.84 Å². The average molecular weight is 265 g/mol. The van der Waals surface area contributed by atoms with E-state index in [1.54, 1.807) is 0 Å². The number of methoxy groups -OCH3 is 1. The largest absolute Gasteiger partial charge is 0.481 e. The van der Waals surface area contributed by atoms with Crippen LogP contribution in [0.4, 0.5) is 10.5 Å². The summed E-state index contributed by atoms with van der Waals surface area (Å²) >= 11 is 0. The van der Waals surface area contributed by atoms with Crippen molar-refractivity contribution in [1.29, 1.82) is 0 Å². The number of ether oxygens (including phenoxy) is 1. The number of carbonyl (C=O) groups excluding carboxylic acids is 1. The van der Waals surface area contributed by atoms with Crippen molar-refractivity contribution in [2.75, 3.05) is 18.6 Å². The Hall–Kier alpha value is -2.04. The van der Waals surface area contributed by atoms with Crippen LogP contribution in [0, 0.1) is 13.8 Å². The number of benzene rings is 1. The zero-order valence-corrected chi connectivity index (χ0v) is 11.5. The van der Waals surface area contributed by atoms with Gasteiger partial charge in [0.2, 0.25) is 0 Å². The zero-order chi connectivity index (χ0) is 14.4. The molecule has 0 aromatic heterocycles. The van der Waals surface area contributed by atoms with Crippen LogP contribution in [0.1, 0.15) is 24.0 Å². The minimum atomic E-state index is -0.870. The molecule has 0 heterocycles. The van der Waals surface area contributed by atoms with Crippen molar-refractivity contribution in [2.24, 2.45) is 0 Å². The van der Waals surface area contributed by atoms with E-state index < -0.39 is 12.1 Å². The molecule has 5 nitrogen and oxygen atoms in total. The Balaban J connectivity index is 2.89. The second-order valence-corrected chi connectivity index (χ2v) is 4.41. The molecule has 0 saturated carbocycles. The van der Waals surface area contributed by atoms with Crippen molar-refractivity contribution >= 4 is 17.7 Å². The lowest BCUT2D eigenvalue weighted by molar-refractivity contribution is -0.137. The number of anilines is 1. The van der Waals surface area contributed by atoms with Crippen LogP contribution >= 0.6 is 0 Å². The molecule has 0 bridgehead atoms. The molecule has 1 aromatic rings. The van der Waals surface area contributed by atoms with Crippen molar-refractivity contribution in [1.82, 2.24) is 0 Å². The van der Waals surface area contributed by atoms with Gasteiger partial charge in [0.25, 0.3) is 0 Å². The minimum Gasteiger partial charge on any atom is -0.481 e. The first-order valence-electron chi connectivity index (χ1n) is 6.10. The first-order valence-corrected chi connectivity index (χ1v) is 6.10. The van der Waals surface area contributed by atoms with Crippen LogP contribution in [0.2, 0.25) is 0 Å². The van der Waals surface area contributed by atoms with Gasteiger partial charge in [-0.1, -0.05) is 17.7 Å². The molecular weight excluding hydrogens is 246 g/mol. The Labute approximate surface area is 112 Å². The average Bonchev–Trinajstić information content (AvgIpc) is 2.34. The normalized spacial score (nSPS) is 10.1. The molecule has 104 valence electrons. The summed E-state index contributed by atoms with van der Waals surface area (Å²) in [6, 6.07) is 5.74. The number of carbonyl (C=O) groups is 2. The van der Waals surface area contributed by atoms with Crippen LogP contribution in [0.5, 0.6) is 0 Å². The highest BCUT2D eigenvalue weighted by Crippen LogP contribution is 2.22. The SMILES string of the molecule is COC(=O)N(CCCC(=O)O)c1ccc(C)cc1C. The number of hydrogen-bond acceptors (Lipinski definition) is 3. The maximum atomic E-state index is 11.8. The van der Waals surface area contributed by atoms with Gasteiger partial charge in [0.15, 0.2) is 0 Å². The molecule has 1 aromatic carbocycles. The number of carboxylic acids is 1. The van der Waals surface area contributed by atoms with E-state index in [1.165, 1.54) is 12.0 Å². The van der Waals surface area contributed by atoms with Crippen LogP contribution in [-0.2, 0) is 9.53 Å². The van der Waals surface area contributed by atoms with Gasteiger partial charge in [0.05, 0.1) is 7.11 Å². The van der Waals surface area contributed by atoms with E-state index >= 15 is 0 Å². The van der Waals surface area contributed by atoms with E-state index in [1.807, 2.05) is 32.0 Å². The third kappa shape index (κ3) is 4.28. The molecular formula is C14H19NO4. The number of aryl methyl sites for hydroxylation is 2. The Morgan fingerprint density at radius 1 is 1.32 bits per heavy atom. The van der Waals surface area contributed by atoms with Crippen molar-refractivity contribution in [3.63, 3.8) is 0 Å². The summed E-state index contributed by atoms with van der Waals surface area (Å²) in [6.07, 6.45) is -0.0618. The van der Waals surface area contributed by atoms with E-state index in [0.717, 1.165) is 16.8 Å². The predicted octanol–water partition coefficient (Wildman–Crippen LogP) is 2.74. The Morgan fingerprint density at radius 3 is 2.53 bits per heavy atom. The van der Waals surface area contributed by atoms with Crippen molar-refractivity contribution < 1.29 is 19.4 Å². The fourth-order valence-electron chi connectivity index (χ4n) is 1.92. The molecule has 5 heteroatoms. The lowest BCUT2D eigenvalue weighted by Crippen LogP contribution is -2.32. The minimum absolute atomic E-state index is 0.0262. The zero-order valence-electron chi connectivity index (χ0n) is 11.5. The number of carboxylic acid groups (broad SMARTS) is 1. The summed E-state index contributed by atoms with van der Waals surface area (Å²) in [4.78, 5) is 23.8. The Bertz CT molecular complexity index is 471. The number of aliphatic carboxylic acids is 1. The van der Waals surface area contributed by atoms with Gasteiger partial charge in [-0.25, -0.2) is 4.79 Å². The molecule has 0 aliphatic heterocycles. The summed E-state index contributed by atoms with van der Waals surface area (Å²) in [5, 5.41) is 8.65. The van der Waals surface area contributed by atoms with Gasteiger partial charge in [-0.15, -0.1) is 0 Å². The molecule has 0 aliphatic carbocycles. The van der Waals surface area contributed by atoms with Crippen LogP contribution in [0.3, 0.4) is 0 Å².